The topological polar surface area (TPSA) is 91.0 Å². The summed E-state index contributed by atoms with van der Waals surface area (Å²) in [7, 11) is -2.40. The van der Waals surface area contributed by atoms with Crippen LogP contribution in [0.5, 0.6) is 0 Å². The molecule has 0 bridgehead atoms. The van der Waals surface area contributed by atoms with Crippen LogP contribution in [0.4, 0.5) is 0 Å². The number of carbonyl (C=O) groups is 1. The van der Waals surface area contributed by atoms with Crippen LogP contribution >= 0.6 is 0 Å². The van der Waals surface area contributed by atoms with Crippen LogP contribution in [0.25, 0.3) is 0 Å². The minimum absolute atomic E-state index is 0.222. The van der Waals surface area contributed by atoms with Crippen LogP contribution in [-0.2, 0) is 18.1 Å². The molecule has 0 radical (unpaired) electrons. The molecule has 116 valence electrons. The van der Waals surface area contributed by atoms with Crippen molar-refractivity contribution < 1.29 is 23.2 Å². The van der Waals surface area contributed by atoms with Gasteiger partial charge in [0.2, 0.25) is 0 Å². The van der Waals surface area contributed by atoms with Crippen molar-refractivity contribution in [3.8, 4) is 0 Å². The highest BCUT2D eigenvalue weighted by molar-refractivity contribution is 6.60. The second-order valence-electron chi connectivity index (χ2n) is 3.62. The van der Waals surface area contributed by atoms with Crippen LogP contribution in [0.2, 0.25) is 6.04 Å². The molecule has 0 aromatic heterocycles. The van der Waals surface area contributed by atoms with Crippen molar-refractivity contribution in [1.82, 2.24) is 0 Å². The molecule has 0 amide bonds. The number of aliphatic carboxylic acids is 1. The molecule has 0 unspecified atom stereocenters. The number of nitrogens with two attached hydrogens (primary N) is 1. The molecular formula is C12H29NO5Si. The van der Waals surface area contributed by atoms with Gasteiger partial charge >= 0.3 is 14.8 Å². The van der Waals surface area contributed by atoms with Crippen LogP contribution in [0, 0.1) is 0 Å². The first-order valence-electron chi connectivity index (χ1n) is 6.85. The quantitative estimate of drug-likeness (QED) is 0.598. The molecule has 0 heterocycles. The fourth-order valence-electron chi connectivity index (χ4n) is 1.32. The maximum absolute atomic E-state index is 9.37. The van der Waals surface area contributed by atoms with Crippen molar-refractivity contribution in [3.05, 3.63) is 0 Å². The number of carboxylic acids is 1. The average molecular weight is 295 g/mol. The fraction of sp³-hybridized carbons (Fsp3) is 0.917. The Bertz CT molecular complexity index is 199. The summed E-state index contributed by atoms with van der Waals surface area (Å²) in [4.78, 5) is 9.37. The van der Waals surface area contributed by atoms with E-state index < -0.39 is 14.8 Å². The van der Waals surface area contributed by atoms with E-state index in [-0.39, 0.29) is 6.42 Å². The van der Waals surface area contributed by atoms with Gasteiger partial charge in [-0.15, -0.1) is 0 Å². The first-order valence-corrected chi connectivity index (χ1v) is 8.78. The van der Waals surface area contributed by atoms with Gasteiger partial charge < -0.3 is 24.1 Å². The molecule has 3 N–H and O–H groups in total. The highest BCUT2D eigenvalue weighted by atomic mass is 28.4. The molecular weight excluding hydrogens is 266 g/mol. The third-order valence-electron chi connectivity index (χ3n) is 2.08. The van der Waals surface area contributed by atoms with E-state index in [2.05, 4.69) is 0 Å². The molecule has 0 fully saturated rings. The predicted molar refractivity (Wildman–Crippen MR) is 77.0 cm³/mol. The predicted octanol–water partition coefficient (Wildman–Crippen LogP) is 1.86. The number of rotatable bonds is 10. The summed E-state index contributed by atoms with van der Waals surface area (Å²) < 4.78 is 17.0. The van der Waals surface area contributed by atoms with E-state index in [0.29, 0.717) is 26.4 Å². The Hall–Kier alpha value is -0.473. The minimum Gasteiger partial charge on any atom is -0.481 e. The molecule has 0 aliphatic heterocycles. The van der Waals surface area contributed by atoms with Gasteiger partial charge in [-0.05, 0) is 33.7 Å². The molecule has 0 saturated heterocycles. The van der Waals surface area contributed by atoms with Gasteiger partial charge in [0, 0.05) is 32.3 Å². The molecule has 0 aromatic carbocycles. The van der Waals surface area contributed by atoms with Crippen molar-refractivity contribution in [3.63, 3.8) is 0 Å². The van der Waals surface area contributed by atoms with Gasteiger partial charge in [0.05, 0.1) is 0 Å². The van der Waals surface area contributed by atoms with Crippen molar-refractivity contribution >= 4 is 14.8 Å². The number of hydrogen-bond acceptors (Lipinski definition) is 5. The Labute approximate surface area is 117 Å². The number of carboxylic acid groups (broad SMARTS) is 1. The first kappa shape index (κ1) is 20.8. The van der Waals surface area contributed by atoms with E-state index >= 15 is 0 Å². The summed E-state index contributed by atoms with van der Waals surface area (Å²) in [6.45, 7) is 10.0. The van der Waals surface area contributed by atoms with E-state index in [1.54, 1.807) is 6.92 Å². The Morgan fingerprint density at radius 3 is 1.63 bits per heavy atom. The van der Waals surface area contributed by atoms with Crippen molar-refractivity contribution in [2.75, 3.05) is 26.4 Å². The van der Waals surface area contributed by atoms with E-state index in [0.717, 1.165) is 12.5 Å². The van der Waals surface area contributed by atoms with Gasteiger partial charge in [-0.3, -0.25) is 4.79 Å². The smallest absolute Gasteiger partial charge is 0.481 e. The first-order chi connectivity index (χ1) is 9.01. The van der Waals surface area contributed by atoms with Crippen molar-refractivity contribution in [2.24, 2.45) is 5.73 Å². The third kappa shape index (κ3) is 12.3. The van der Waals surface area contributed by atoms with Crippen molar-refractivity contribution in [2.45, 2.75) is 46.6 Å². The van der Waals surface area contributed by atoms with Crippen LogP contribution in [0.1, 0.15) is 40.5 Å². The summed E-state index contributed by atoms with van der Waals surface area (Å²) in [6.07, 6.45) is 1.12. The van der Waals surface area contributed by atoms with E-state index in [9.17, 15) is 4.79 Å². The van der Waals surface area contributed by atoms with Crippen LogP contribution in [-0.4, -0.2) is 46.2 Å². The van der Waals surface area contributed by atoms with Gasteiger partial charge in [-0.2, -0.15) is 0 Å². The third-order valence-corrected chi connectivity index (χ3v) is 5.23. The summed E-state index contributed by atoms with van der Waals surface area (Å²) in [5, 5.41) is 7.72. The fourth-order valence-corrected chi connectivity index (χ4v) is 3.96. The lowest BCUT2D eigenvalue weighted by Gasteiger charge is -2.28. The zero-order valence-corrected chi connectivity index (χ0v) is 13.6. The monoisotopic (exact) mass is 295 g/mol. The normalized spacial score (nSPS) is 10.8. The second kappa shape index (κ2) is 13.9. The molecule has 0 aliphatic rings. The van der Waals surface area contributed by atoms with Gasteiger partial charge in [-0.1, -0.05) is 6.92 Å². The highest BCUT2D eigenvalue weighted by Crippen LogP contribution is 2.17. The van der Waals surface area contributed by atoms with E-state index in [1.807, 2.05) is 20.8 Å². The molecule has 0 saturated carbocycles. The minimum atomic E-state index is -2.40. The summed E-state index contributed by atoms with van der Waals surface area (Å²) in [5.74, 6) is -0.745. The standard InChI is InChI=1S/C9H23NO3Si.C3H6O2/c1-4-11-14(12-5-2,13-6-3)9-7-8-10;1-2-3(4)5/h4-10H2,1-3H3;2H2,1H3,(H,4,5). The summed E-state index contributed by atoms with van der Waals surface area (Å²) in [6, 6.07) is 0.818. The summed E-state index contributed by atoms with van der Waals surface area (Å²) >= 11 is 0. The van der Waals surface area contributed by atoms with Crippen LogP contribution in [0.15, 0.2) is 0 Å². The molecule has 0 rings (SSSR count). The molecule has 0 atom stereocenters. The van der Waals surface area contributed by atoms with Gasteiger partial charge in [0.25, 0.3) is 0 Å². The van der Waals surface area contributed by atoms with Crippen LogP contribution < -0.4 is 5.73 Å². The van der Waals surface area contributed by atoms with Gasteiger partial charge in [0.15, 0.2) is 0 Å². The Morgan fingerprint density at radius 1 is 1.05 bits per heavy atom. The lowest BCUT2D eigenvalue weighted by molar-refractivity contribution is -0.136. The van der Waals surface area contributed by atoms with Gasteiger partial charge in [0.1, 0.15) is 0 Å². The summed E-state index contributed by atoms with van der Waals surface area (Å²) in [5.41, 5.74) is 5.48. The molecule has 0 spiro atoms. The lowest BCUT2D eigenvalue weighted by atomic mass is 10.5. The molecule has 0 aromatic rings. The Morgan fingerprint density at radius 2 is 1.42 bits per heavy atom. The van der Waals surface area contributed by atoms with E-state index in [4.69, 9.17) is 24.1 Å². The van der Waals surface area contributed by atoms with Gasteiger partial charge in [-0.25, -0.2) is 0 Å². The zero-order valence-electron chi connectivity index (χ0n) is 12.6. The maximum atomic E-state index is 9.37. The largest absolute Gasteiger partial charge is 0.500 e. The SMILES string of the molecule is CCC(=O)O.CCO[Si](CCCN)(OCC)OCC. The molecule has 0 aliphatic carbocycles. The van der Waals surface area contributed by atoms with Crippen LogP contribution in [0.3, 0.4) is 0 Å². The van der Waals surface area contributed by atoms with E-state index in [1.165, 1.54) is 0 Å². The second-order valence-corrected chi connectivity index (χ2v) is 6.35. The zero-order chi connectivity index (χ0) is 15.1. The number of hydrogen-bond donors (Lipinski definition) is 2. The Kier molecular flexibility index (Phi) is 15.3. The molecule has 6 nitrogen and oxygen atoms in total. The Balaban J connectivity index is 0. The molecule has 19 heavy (non-hydrogen) atoms. The maximum Gasteiger partial charge on any atom is 0.500 e. The average Bonchev–Trinajstić information content (AvgIpc) is 2.38. The lowest BCUT2D eigenvalue weighted by Crippen LogP contribution is -2.46. The highest BCUT2D eigenvalue weighted by Gasteiger charge is 2.39. The molecule has 7 heteroatoms. The van der Waals surface area contributed by atoms with Crippen molar-refractivity contribution in [1.29, 1.82) is 0 Å².